The third kappa shape index (κ3) is 1.89. The van der Waals surface area contributed by atoms with Crippen LogP contribution >= 0.6 is 0 Å². The third-order valence-corrected chi connectivity index (χ3v) is 3.79. The number of fused-ring (bicyclic) bond motifs is 1. The second kappa shape index (κ2) is 3.91. The Morgan fingerprint density at radius 3 is 2.65 bits per heavy atom. The monoisotopic (exact) mass is 236 g/mol. The average Bonchev–Trinajstić information content (AvgIpc) is 2.28. The van der Waals surface area contributed by atoms with Gasteiger partial charge in [-0.3, -0.25) is 0 Å². The molecule has 17 heavy (non-hydrogen) atoms. The van der Waals surface area contributed by atoms with E-state index in [4.69, 9.17) is 4.74 Å². The first kappa shape index (κ1) is 12.2. The summed E-state index contributed by atoms with van der Waals surface area (Å²) >= 11 is 0. The number of rotatable bonds is 1. The molecule has 1 heterocycles. The molecule has 0 bridgehead atoms. The molecule has 0 saturated carbocycles. The van der Waals surface area contributed by atoms with Gasteiger partial charge in [-0.15, -0.1) is 0 Å². The van der Waals surface area contributed by atoms with Crippen LogP contribution in [0.3, 0.4) is 0 Å². The molecule has 0 aromatic heterocycles. The van der Waals surface area contributed by atoms with E-state index in [9.17, 15) is 10.2 Å². The van der Waals surface area contributed by atoms with Gasteiger partial charge in [0.2, 0.25) is 0 Å². The van der Waals surface area contributed by atoms with E-state index in [0.29, 0.717) is 5.75 Å². The van der Waals surface area contributed by atoms with Gasteiger partial charge in [0.1, 0.15) is 17.1 Å². The van der Waals surface area contributed by atoms with Gasteiger partial charge in [0.05, 0.1) is 6.61 Å². The highest BCUT2D eigenvalue weighted by Gasteiger charge is 2.36. The first-order valence-electron chi connectivity index (χ1n) is 6.01. The minimum atomic E-state index is -0.513. The number of benzene rings is 1. The van der Waals surface area contributed by atoms with Gasteiger partial charge in [0.25, 0.3) is 0 Å². The van der Waals surface area contributed by atoms with Crippen LogP contribution in [-0.2, 0) is 0 Å². The molecule has 0 aliphatic carbocycles. The summed E-state index contributed by atoms with van der Waals surface area (Å²) in [6.45, 7) is 7.86. The van der Waals surface area contributed by atoms with Crippen LogP contribution in [0.1, 0.15) is 42.9 Å². The van der Waals surface area contributed by atoms with E-state index in [-0.39, 0.29) is 12.5 Å². The highest BCUT2D eigenvalue weighted by molar-refractivity contribution is 5.54. The largest absolute Gasteiger partial charge is 0.508 e. The van der Waals surface area contributed by atoms with Gasteiger partial charge in [0, 0.05) is 5.56 Å². The van der Waals surface area contributed by atoms with Crippen molar-refractivity contribution >= 4 is 0 Å². The van der Waals surface area contributed by atoms with Crippen molar-refractivity contribution in [3.8, 4) is 11.5 Å². The van der Waals surface area contributed by atoms with Gasteiger partial charge >= 0.3 is 0 Å². The van der Waals surface area contributed by atoms with Gasteiger partial charge in [-0.2, -0.15) is 0 Å². The SMILES string of the molecule is Cc1c(O)cc2c(c1C)O[C@@](C)(CO)C[C@@H]2C. The molecular weight excluding hydrogens is 216 g/mol. The predicted molar refractivity (Wildman–Crippen MR) is 66.7 cm³/mol. The van der Waals surface area contributed by atoms with E-state index in [0.717, 1.165) is 28.9 Å². The van der Waals surface area contributed by atoms with E-state index >= 15 is 0 Å². The average molecular weight is 236 g/mol. The highest BCUT2D eigenvalue weighted by atomic mass is 16.5. The second-order valence-electron chi connectivity index (χ2n) is 5.38. The molecule has 3 nitrogen and oxygen atoms in total. The summed E-state index contributed by atoms with van der Waals surface area (Å²) in [6, 6.07) is 1.79. The molecule has 3 heteroatoms. The highest BCUT2D eigenvalue weighted by Crippen LogP contribution is 2.45. The van der Waals surface area contributed by atoms with E-state index in [1.165, 1.54) is 0 Å². The predicted octanol–water partition coefficient (Wildman–Crippen LogP) is 2.65. The minimum Gasteiger partial charge on any atom is -0.508 e. The maximum absolute atomic E-state index is 9.86. The van der Waals surface area contributed by atoms with Crippen molar-refractivity contribution in [3.63, 3.8) is 0 Å². The normalized spacial score (nSPS) is 27.5. The number of hydrogen-bond donors (Lipinski definition) is 2. The van der Waals surface area contributed by atoms with Crippen molar-refractivity contribution in [2.75, 3.05) is 6.61 Å². The van der Waals surface area contributed by atoms with Crippen LogP contribution in [0, 0.1) is 13.8 Å². The number of aliphatic hydroxyl groups excluding tert-OH is 1. The standard InChI is InChI=1S/C14H20O3/c1-8-6-14(4,7-15)17-13-10(3)9(2)12(16)5-11(8)13/h5,8,15-16H,6-7H2,1-4H3/t8-,14+/m0/s1. The number of hydrogen-bond acceptors (Lipinski definition) is 3. The summed E-state index contributed by atoms with van der Waals surface area (Å²) in [5.41, 5.74) is 2.33. The molecule has 2 N–H and O–H groups in total. The zero-order valence-corrected chi connectivity index (χ0v) is 10.9. The van der Waals surface area contributed by atoms with Crippen molar-refractivity contribution in [1.29, 1.82) is 0 Å². The summed E-state index contributed by atoms with van der Waals surface area (Å²) < 4.78 is 5.94. The number of aromatic hydroxyl groups is 1. The molecule has 1 aromatic rings. The van der Waals surface area contributed by atoms with E-state index in [1.54, 1.807) is 6.07 Å². The van der Waals surface area contributed by atoms with Crippen molar-refractivity contribution < 1.29 is 14.9 Å². The lowest BCUT2D eigenvalue weighted by atomic mass is 9.83. The molecular formula is C14H20O3. The fourth-order valence-corrected chi connectivity index (χ4v) is 2.54. The van der Waals surface area contributed by atoms with Crippen LogP contribution in [0.5, 0.6) is 11.5 Å². The molecule has 2 atom stereocenters. The first-order chi connectivity index (χ1) is 7.88. The molecule has 0 unspecified atom stereocenters. The molecule has 0 amide bonds. The maximum Gasteiger partial charge on any atom is 0.130 e. The van der Waals surface area contributed by atoms with Crippen molar-refractivity contribution in [3.05, 3.63) is 22.8 Å². The van der Waals surface area contributed by atoms with Gasteiger partial charge in [-0.25, -0.2) is 0 Å². The van der Waals surface area contributed by atoms with E-state index in [2.05, 4.69) is 6.92 Å². The summed E-state index contributed by atoms with van der Waals surface area (Å²) in [5.74, 6) is 1.43. The maximum atomic E-state index is 9.86. The Hall–Kier alpha value is -1.22. The first-order valence-corrected chi connectivity index (χ1v) is 6.01. The summed E-state index contributed by atoms with van der Waals surface area (Å²) in [6.07, 6.45) is 0.762. The van der Waals surface area contributed by atoms with Gasteiger partial charge in [0.15, 0.2) is 0 Å². The smallest absolute Gasteiger partial charge is 0.130 e. The number of ether oxygens (including phenoxy) is 1. The molecule has 2 rings (SSSR count). The molecule has 0 spiro atoms. The molecule has 1 aliphatic heterocycles. The van der Waals surface area contributed by atoms with Crippen LogP contribution in [-0.4, -0.2) is 22.4 Å². The topological polar surface area (TPSA) is 49.7 Å². The lowest BCUT2D eigenvalue weighted by molar-refractivity contribution is 0.000593. The molecule has 0 fully saturated rings. The number of phenols is 1. The van der Waals surface area contributed by atoms with Crippen molar-refractivity contribution in [1.82, 2.24) is 0 Å². The second-order valence-corrected chi connectivity index (χ2v) is 5.38. The molecule has 1 aromatic carbocycles. The third-order valence-electron chi connectivity index (χ3n) is 3.79. The van der Waals surface area contributed by atoms with Gasteiger partial charge in [-0.1, -0.05) is 6.92 Å². The van der Waals surface area contributed by atoms with Crippen LogP contribution in [0.2, 0.25) is 0 Å². The lowest BCUT2D eigenvalue weighted by Crippen LogP contribution is -2.41. The fourth-order valence-electron chi connectivity index (χ4n) is 2.54. The van der Waals surface area contributed by atoms with E-state index in [1.807, 2.05) is 20.8 Å². The zero-order chi connectivity index (χ0) is 12.8. The Bertz CT molecular complexity index is 453. The Kier molecular flexibility index (Phi) is 2.82. The Balaban J connectivity index is 2.57. The van der Waals surface area contributed by atoms with E-state index < -0.39 is 5.60 Å². The van der Waals surface area contributed by atoms with Crippen LogP contribution in [0.4, 0.5) is 0 Å². The van der Waals surface area contributed by atoms with Crippen molar-refractivity contribution in [2.45, 2.75) is 45.6 Å². The van der Waals surface area contributed by atoms with Gasteiger partial charge in [-0.05, 0) is 50.3 Å². The quantitative estimate of drug-likeness (QED) is 0.788. The Morgan fingerprint density at radius 2 is 2.06 bits per heavy atom. The lowest BCUT2D eigenvalue weighted by Gasteiger charge is -2.39. The minimum absolute atomic E-state index is 0.0101. The van der Waals surface area contributed by atoms with Crippen LogP contribution < -0.4 is 4.74 Å². The summed E-state index contributed by atoms with van der Waals surface area (Å²) in [7, 11) is 0. The fraction of sp³-hybridized carbons (Fsp3) is 0.571. The van der Waals surface area contributed by atoms with Crippen LogP contribution in [0.15, 0.2) is 6.07 Å². The molecule has 0 saturated heterocycles. The molecule has 1 aliphatic rings. The summed E-state index contributed by atoms with van der Waals surface area (Å²) in [4.78, 5) is 0. The Labute approximate surface area is 102 Å². The van der Waals surface area contributed by atoms with Crippen LogP contribution in [0.25, 0.3) is 0 Å². The zero-order valence-electron chi connectivity index (χ0n) is 10.9. The Morgan fingerprint density at radius 1 is 1.41 bits per heavy atom. The summed E-state index contributed by atoms with van der Waals surface area (Å²) in [5, 5.41) is 19.3. The number of phenolic OH excluding ortho intramolecular Hbond substituents is 1. The van der Waals surface area contributed by atoms with Crippen molar-refractivity contribution in [2.24, 2.45) is 0 Å². The molecule has 94 valence electrons. The van der Waals surface area contributed by atoms with Gasteiger partial charge < -0.3 is 14.9 Å². The number of aliphatic hydroxyl groups is 1. The molecule has 0 radical (unpaired) electrons.